The molecule has 7 nitrogen and oxygen atoms in total. The van der Waals surface area contributed by atoms with Crippen LogP contribution in [0.25, 0.3) is 11.0 Å². The Kier molecular flexibility index (Phi) is 5.03. The van der Waals surface area contributed by atoms with Gasteiger partial charge < -0.3 is 15.4 Å². The van der Waals surface area contributed by atoms with E-state index in [1.54, 1.807) is 29.9 Å². The fourth-order valence-corrected chi connectivity index (χ4v) is 3.49. The summed E-state index contributed by atoms with van der Waals surface area (Å²) in [5.41, 5.74) is 3.67. The van der Waals surface area contributed by atoms with Crippen LogP contribution in [0.3, 0.4) is 0 Å². The third-order valence-electron chi connectivity index (χ3n) is 4.91. The average molecular weight is 368 g/mol. The summed E-state index contributed by atoms with van der Waals surface area (Å²) in [5.74, 6) is 0.0172. The molecule has 3 N–H and O–H groups in total. The summed E-state index contributed by atoms with van der Waals surface area (Å²) in [7, 11) is 1.79. The molecule has 1 atom stereocenters. The van der Waals surface area contributed by atoms with Gasteiger partial charge in [-0.1, -0.05) is 12.1 Å². The van der Waals surface area contributed by atoms with Crippen molar-refractivity contribution in [1.82, 2.24) is 20.1 Å². The van der Waals surface area contributed by atoms with Crippen LogP contribution < -0.4 is 10.9 Å². The number of hydrogen-bond acceptors (Lipinski definition) is 4. The Morgan fingerprint density at radius 1 is 1.37 bits per heavy atom. The molecule has 7 heteroatoms. The zero-order chi connectivity index (χ0) is 19.7. The molecule has 0 aliphatic rings. The molecular weight excluding hydrogens is 344 g/mol. The van der Waals surface area contributed by atoms with Gasteiger partial charge in [-0.2, -0.15) is 5.10 Å². The van der Waals surface area contributed by atoms with Gasteiger partial charge in [0.15, 0.2) is 0 Å². The number of aryl methyl sites for hydroxylation is 3. The first-order chi connectivity index (χ1) is 12.8. The second-order valence-corrected chi connectivity index (χ2v) is 6.87. The number of nitrogens with one attached hydrogen (secondary N) is 2. The van der Waals surface area contributed by atoms with Gasteiger partial charge in [0, 0.05) is 24.4 Å². The van der Waals surface area contributed by atoms with Crippen LogP contribution in [-0.2, 0) is 18.3 Å². The fraction of sp³-hybridized carbons (Fsp3) is 0.350. The molecule has 1 amide bonds. The Hall–Kier alpha value is -3.09. The molecule has 142 valence electrons. The quantitative estimate of drug-likeness (QED) is 0.644. The molecule has 3 aromatic rings. The number of carbonyl (C=O) groups is 1. The molecule has 0 aliphatic heterocycles. The Labute approximate surface area is 157 Å². The average Bonchev–Trinajstić information content (AvgIpc) is 2.88. The summed E-state index contributed by atoms with van der Waals surface area (Å²) in [6, 6.07) is 6.56. The third kappa shape index (κ3) is 3.72. The zero-order valence-electron chi connectivity index (χ0n) is 16.0. The molecule has 3 rings (SSSR count). The molecule has 1 aromatic carbocycles. The first-order valence-corrected chi connectivity index (χ1v) is 8.91. The molecule has 0 spiro atoms. The predicted octanol–water partition coefficient (Wildman–Crippen LogP) is 2.39. The molecule has 2 aromatic heterocycles. The number of aromatic amines is 1. The Morgan fingerprint density at radius 2 is 2.11 bits per heavy atom. The highest BCUT2D eigenvalue weighted by Gasteiger charge is 2.16. The minimum Gasteiger partial charge on any atom is -0.508 e. The lowest BCUT2D eigenvalue weighted by atomic mass is 10.0. The fourth-order valence-electron chi connectivity index (χ4n) is 3.49. The smallest absolute Gasteiger partial charge is 0.253 e. The summed E-state index contributed by atoms with van der Waals surface area (Å²) >= 11 is 0. The number of phenols is 1. The van der Waals surface area contributed by atoms with Gasteiger partial charge in [0.1, 0.15) is 11.4 Å². The number of phenolic OH excluding ortho intramolecular Hbond substituents is 1. The topological polar surface area (TPSA) is 100 Å². The molecule has 0 saturated carbocycles. The van der Waals surface area contributed by atoms with Crippen LogP contribution in [-0.4, -0.2) is 25.8 Å². The first kappa shape index (κ1) is 18.7. The highest BCUT2D eigenvalue weighted by Crippen LogP contribution is 2.21. The van der Waals surface area contributed by atoms with Crippen LogP contribution in [0, 0.1) is 13.8 Å². The predicted molar refractivity (Wildman–Crippen MR) is 104 cm³/mol. The summed E-state index contributed by atoms with van der Waals surface area (Å²) in [4.78, 5) is 27.7. The van der Waals surface area contributed by atoms with Crippen LogP contribution in [0.4, 0.5) is 0 Å². The molecule has 0 radical (unpaired) electrons. The van der Waals surface area contributed by atoms with E-state index in [1.165, 1.54) is 0 Å². The standard InChI is InChI=1S/C20H24N4O3/c1-11-16(20(27)22-19-18(11)13(3)23-24(19)4)8-9-17(26)21-12(2)14-6-5-7-15(25)10-14/h5-7,10,12,25H,8-9H2,1-4H3,(H,21,26)(H,22,27)/t12-/m0/s1. The second-order valence-electron chi connectivity index (χ2n) is 6.87. The van der Waals surface area contributed by atoms with E-state index >= 15 is 0 Å². The van der Waals surface area contributed by atoms with Crippen LogP contribution in [0.2, 0.25) is 0 Å². The van der Waals surface area contributed by atoms with Crippen molar-refractivity contribution < 1.29 is 9.90 Å². The minimum absolute atomic E-state index is 0.146. The van der Waals surface area contributed by atoms with Crippen molar-refractivity contribution in [3.8, 4) is 5.75 Å². The van der Waals surface area contributed by atoms with Crippen molar-refractivity contribution in [2.75, 3.05) is 0 Å². The first-order valence-electron chi connectivity index (χ1n) is 8.91. The number of amides is 1. The maximum absolute atomic E-state index is 12.5. The van der Waals surface area contributed by atoms with Crippen LogP contribution in [0.15, 0.2) is 29.1 Å². The summed E-state index contributed by atoms with van der Waals surface area (Å²) in [6.45, 7) is 5.66. The van der Waals surface area contributed by atoms with Crippen LogP contribution >= 0.6 is 0 Å². The SMILES string of the molecule is Cc1nn(C)c2[nH]c(=O)c(CCC(=O)N[C@@H](C)c3cccc(O)c3)c(C)c12. The lowest BCUT2D eigenvalue weighted by molar-refractivity contribution is -0.121. The van der Waals surface area contributed by atoms with Crippen molar-refractivity contribution in [1.29, 1.82) is 0 Å². The van der Waals surface area contributed by atoms with E-state index in [9.17, 15) is 14.7 Å². The number of fused-ring (bicyclic) bond motifs is 1. The molecule has 0 aliphatic carbocycles. The van der Waals surface area contributed by atoms with Gasteiger partial charge >= 0.3 is 0 Å². The number of H-pyrrole nitrogens is 1. The van der Waals surface area contributed by atoms with Gasteiger partial charge in [0.25, 0.3) is 5.56 Å². The van der Waals surface area contributed by atoms with Crippen molar-refractivity contribution in [3.63, 3.8) is 0 Å². The molecule has 27 heavy (non-hydrogen) atoms. The van der Waals surface area contributed by atoms with E-state index in [4.69, 9.17) is 0 Å². The van der Waals surface area contributed by atoms with Gasteiger partial charge in [-0.05, 0) is 50.5 Å². The third-order valence-corrected chi connectivity index (χ3v) is 4.91. The number of nitrogens with zero attached hydrogens (tertiary/aromatic N) is 2. The maximum Gasteiger partial charge on any atom is 0.253 e. The van der Waals surface area contributed by atoms with Crippen molar-refractivity contribution >= 4 is 16.9 Å². The highest BCUT2D eigenvalue weighted by molar-refractivity contribution is 5.83. The Morgan fingerprint density at radius 3 is 2.81 bits per heavy atom. The molecule has 2 heterocycles. The van der Waals surface area contributed by atoms with Gasteiger partial charge in [-0.25, -0.2) is 0 Å². The van der Waals surface area contributed by atoms with Crippen molar-refractivity contribution in [2.24, 2.45) is 7.05 Å². The lowest BCUT2D eigenvalue weighted by Gasteiger charge is -2.15. The van der Waals surface area contributed by atoms with Crippen molar-refractivity contribution in [2.45, 2.75) is 39.7 Å². The van der Waals surface area contributed by atoms with E-state index in [0.29, 0.717) is 17.6 Å². The summed E-state index contributed by atoms with van der Waals surface area (Å²) < 4.78 is 1.66. The van der Waals surface area contributed by atoms with E-state index in [2.05, 4.69) is 15.4 Å². The monoisotopic (exact) mass is 368 g/mol. The van der Waals surface area contributed by atoms with Gasteiger partial charge in [-0.15, -0.1) is 0 Å². The minimum atomic E-state index is -0.230. The molecule has 0 bridgehead atoms. The number of hydrogen-bond donors (Lipinski definition) is 3. The molecular formula is C20H24N4O3. The maximum atomic E-state index is 12.5. The number of pyridine rings is 1. The van der Waals surface area contributed by atoms with Gasteiger partial charge in [0.05, 0.1) is 11.7 Å². The zero-order valence-corrected chi connectivity index (χ0v) is 16.0. The largest absolute Gasteiger partial charge is 0.508 e. The Balaban J connectivity index is 1.74. The van der Waals surface area contributed by atoms with Gasteiger partial charge in [0.2, 0.25) is 5.91 Å². The summed E-state index contributed by atoms with van der Waals surface area (Å²) in [5, 5.41) is 17.8. The highest BCUT2D eigenvalue weighted by atomic mass is 16.3. The number of aromatic nitrogens is 3. The lowest BCUT2D eigenvalue weighted by Crippen LogP contribution is -2.27. The Bertz CT molecular complexity index is 1070. The number of benzene rings is 1. The van der Waals surface area contributed by atoms with Crippen LogP contribution in [0.1, 0.15) is 41.8 Å². The molecule has 0 unspecified atom stereocenters. The second kappa shape index (κ2) is 7.26. The normalized spacial score (nSPS) is 12.3. The number of aromatic hydroxyl groups is 1. The van der Waals surface area contributed by atoms with Gasteiger partial charge in [-0.3, -0.25) is 14.3 Å². The number of rotatable bonds is 5. The van der Waals surface area contributed by atoms with Crippen molar-refractivity contribution in [3.05, 3.63) is 57.0 Å². The van der Waals surface area contributed by atoms with E-state index in [1.807, 2.05) is 26.8 Å². The van der Waals surface area contributed by atoms with E-state index < -0.39 is 0 Å². The number of carbonyl (C=O) groups excluding carboxylic acids is 1. The van der Waals surface area contributed by atoms with E-state index in [-0.39, 0.29) is 29.7 Å². The van der Waals surface area contributed by atoms with E-state index in [0.717, 1.165) is 22.2 Å². The van der Waals surface area contributed by atoms with Crippen LogP contribution in [0.5, 0.6) is 5.75 Å². The molecule has 0 fully saturated rings. The summed E-state index contributed by atoms with van der Waals surface area (Å²) in [6.07, 6.45) is 0.557. The molecule has 0 saturated heterocycles.